The predicted octanol–water partition coefficient (Wildman–Crippen LogP) is 2.03. The highest BCUT2D eigenvalue weighted by molar-refractivity contribution is 4.85. The first-order valence-electron chi connectivity index (χ1n) is 4.29. The standard InChI is InChI=1S/C9H16N2/c1-9(2)5-3-8(4-6-9)11-7-10/h8,11H,3-6H2,1-2H3. The van der Waals surface area contributed by atoms with Crippen LogP contribution >= 0.6 is 0 Å². The van der Waals surface area contributed by atoms with Crippen molar-refractivity contribution in [1.82, 2.24) is 5.32 Å². The molecule has 1 rings (SSSR count). The molecule has 0 aromatic rings. The predicted molar refractivity (Wildman–Crippen MR) is 44.8 cm³/mol. The van der Waals surface area contributed by atoms with Crippen LogP contribution < -0.4 is 5.32 Å². The summed E-state index contributed by atoms with van der Waals surface area (Å²) in [4.78, 5) is 0. The fourth-order valence-electron chi connectivity index (χ4n) is 1.63. The quantitative estimate of drug-likeness (QED) is 0.461. The minimum absolute atomic E-state index is 0.452. The van der Waals surface area contributed by atoms with Crippen molar-refractivity contribution in [2.75, 3.05) is 0 Å². The summed E-state index contributed by atoms with van der Waals surface area (Å²) in [6.07, 6.45) is 6.81. The number of rotatable bonds is 1. The number of nitriles is 1. The highest BCUT2D eigenvalue weighted by Gasteiger charge is 2.26. The summed E-state index contributed by atoms with van der Waals surface area (Å²) in [5.74, 6) is 0. The molecule has 0 aromatic heterocycles. The van der Waals surface area contributed by atoms with Crippen molar-refractivity contribution < 1.29 is 0 Å². The molecule has 1 aliphatic carbocycles. The first-order chi connectivity index (χ1) is 5.14. The maximum absolute atomic E-state index is 8.39. The normalized spacial score (nSPS) is 24.1. The zero-order valence-corrected chi connectivity index (χ0v) is 7.35. The summed E-state index contributed by atoms with van der Waals surface area (Å²) >= 11 is 0. The van der Waals surface area contributed by atoms with E-state index in [0.29, 0.717) is 11.5 Å². The average Bonchev–Trinajstić information content (AvgIpc) is 1.94. The van der Waals surface area contributed by atoms with E-state index in [4.69, 9.17) is 5.26 Å². The molecule has 2 nitrogen and oxygen atoms in total. The lowest BCUT2D eigenvalue weighted by molar-refractivity contribution is 0.215. The van der Waals surface area contributed by atoms with E-state index >= 15 is 0 Å². The zero-order chi connectivity index (χ0) is 8.32. The molecule has 0 heterocycles. The van der Waals surface area contributed by atoms with Gasteiger partial charge in [0.2, 0.25) is 0 Å². The van der Waals surface area contributed by atoms with Crippen LogP contribution in [0, 0.1) is 16.9 Å². The van der Waals surface area contributed by atoms with Crippen molar-refractivity contribution in [1.29, 1.82) is 5.26 Å². The lowest BCUT2D eigenvalue weighted by Gasteiger charge is -2.33. The Morgan fingerprint density at radius 2 is 1.91 bits per heavy atom. The van der Waals surface area contributed by atoms with Crippen LogP contribution in [0.1, 0.15) is 39.5 Å². The van der Waals surface area contributed by atoms with Gasteiger partial charge in [-0.05, 0) is 31.1 Å². The first kappa shape index (κ1) is 8.39. The van der Waals surface area contributed by atoms with E-state index < -0.39 is 0 Å². The molecular weight excluding hydrogens is 136 g/mol. The molecular formula is C9H16N2. The van der Waals surface area contributed by atoms with Gasteiger partial charge in [0.25, 0.3) is 0 Å². The van der Waals surface area contributed by atoms with Crippen molar-refractivity contribution in [3.8, 4) is 6.19 Å². The van der Waals surface area contributed by atoms with Gasteiger partial charge in [-0.3, -0.25) is 0 Å². The average molecular weight is 152 g/mol. The van der Waals surface area contributed by atoms with Crippen LogP contribution in [0.2, 0.25) is 0 Å². The molecule has 0 radical (unpaired) electrons. The van der Waals surface area contributed by atoms with E-state index in [-0.39, 0.29) is 0 Å². The maximum atomic E-state index is 8.39. The highest BCUT2D eigenvalue weighted by atomic mass is 14.9. The Hall–Kier alpha value is -0.710. The second kappa shape index (κ2) is 3.13. The van der Waals surface area contributed by atoms with Gasteiger partial charge < -0.3 is 5.32 Å². The van der Waals surface area contributed by atoms with E-state index in [1.165, 1.54) is 12.8 Å². The molecule has 1 aliphatic rings. The van der Waals surface area contributed by atoms with Crippen LogP contribution in [0.25, 0.3) is 0 Å². The van der Waals surface area contributed by atoms with Gasteiger partial charge in [-0.25, -0.2) is 0 Å². The summed E-state index contributed by atoms with van der Waals surface area (Å²) in [6, 6.07) is 0.452. The van der Waals surface area contributed by atoms with Crippen LogP contribution in [0.3, 0.4) is 0 Å². The third-order valence-electron chi connectivity index (χ3n) is 2.61. The van der Waals surface area contributed by atoms with E-state index in [2.05, 4.69) is 19.2 Å². The van der Waals surface area contributed by atoms with Crippen molar-refractivity contribution in [3.05, 3.63) is 0 Å². The molecule has 1 fully saturated rings. The minimum atomic E-state index is 0.452. The molecule has 0 bridgehead atoms. The Morgan fingerprint density at radius 1 is 1.36 bits per heavy atom. The zero-order valence-electron chi connectivity index (χ0n) is 7.35. The van der Waals surface area contributed by atoms with E-state index in [0.717, 1.165) is 12.8 Å². The molecule has 0 unspecified atom stereocenters. The Kier molecular flexibility index (Phi) is 2.38. The van der Waals surface area contributed by atoms with E-state index in [9.17, 15) is 0 Å². The van der Waals surface area contributed by atoms with Crippen molar-refractivity contribution >= 4 is 0 Å². The van der Waals surface area contributed by atoms with Crippen LogP contribution in [0.5, 0.6) is 0 Å². The van der Waals surface area contributed by atoms with Crippen molar-refractivity contribution in [2.24, 2.45) is 5.41 Å². The highest BCUT2D eigenvalue weighted by Crippen LogP contribution is 2.34. The minimum Gasteiger partial charge on any atom is -0.321 e. The van der Waals surface area contributed by atoms with Crippen LogP contribution in [-0.2, 0) is 0 Å². The SMILES string of the molecule is CC1(C)CCC(NC#N)CC1. The van der Waals surface area contributed by atoms with E-state index in [1.54, 1.807) is 0 Å². The Morgan fingerprint density at radius 3 is 2.36 bits per heavy atom. The fourth-order valence-corrected chi connectivity index (χ4v) is 1.63. The smallest absolute Gasteiger partial charge is 0.176 e. The molecule has 0 aliphatic heterocycles. The number of nitrogens with zero attached hydrogens (tertiary/aromatic N) is 1. The van der Waals surface area contributed by atoms with Gasteiger partial charge in [-0.15, -0.1) is 0 Å². The van der Waals surface area contributed by atoms with Crippen LogP contribution in [-0.4, -0.2) is 6.04 Å². The monoisotopic (exact) mass is 152 g/mol. The second-order valence-corrected chi connectivity index (χ2v) is 4.19. The van der Waals surface area contributed by atoms with Crippen molar-refractivity contribution in [2.45, 2.75) is 45.6 Å². The molecule has 0 amide bonds. The third-order valence-corrected chi connectivity index (χ3v) is 2.61. The number of hydrogen-bond donors (Lipinski definition) is 1. The molecule has 0 atom stereocenters. The summed E-state index contributed by atoms with van der Waals surface area (Å²) in [5, 5.41) is 11.2. The fraction of sp³-hybridized carbons (Fsp3) is 0.889. The molecule has 1 saturated carbocycles. The number of hydrogen-bond acceptors (Lipinski definition) is 2. The molecule has 0 aromatic carbocycles. The maximum Gasteiger partial charge on any atom is 0.176 e. The second-order valence-electron chi connectivity index (χ2n) is 4.19. The Balaban J connectivity index is 2.32. The Bertz CT molecular complexity index is 157. The lowest BCUT2D eigenvalue weighted by atomic mass is 9.76. The topological polar surface area (TPSA) is 35.8 Å². The summed E-state index contributed by atoms with van der Waals surface area (Å²) in [6.45, 7) is 4.60. The van der Waals surface area contributed by atoms with Gasteiger partial charge in [0.15, 0.2) is 6.19 Å². The molecule has 1 N–H and O–H groups in total. The van der Waals surface area contributed by atoms with Gasteiger partial charge in [-0.2, -0.15) is 5.26 Å². The first-order valence-corrected chi connectivity index (χ1v) is 4.29. The van der Waals surface area contributed by atoms with Gasteiger partial charge in [0.05, 0.1) is 0 Å². The summed E-state index contributed by atoms with van der Waals surface area (Å²) in [7, 11) is 0. The Labute approximate surface area is 68.6 Å². The molecule has 0 saturated heterocycles. The van der Waals surface area contributed by atoms with Crippen LogP contribution in [0.15, 0.2) is 0 Å². The summed E-state index contributed by atoms with van der Waals surface area (Å²) < 4.78 is 0. The van der Waals surface area contributed by atoms with Crippen molar-refractivity contribution in [3.63, 3.8) is 0 Å². The van der Waals surface area contributed by atoms with Gasteiger partial charge in [0, 0.05) is 6.04 Å². The summed E-state index contributed by atoms with van der Waals surface area (Å²) in [5.41, 5.74) is 0.508. The molecule has 2 heteroatoms. The van der Waals surface area contributed by atoms with E-state index in [1.807, 2.05) is 6.19 Å². The lowest BCUT2D eigenvalue weighted by Crippen LogP contribution is -2.32. The van der Waals surface area contributed by atoms with Gasteiger partial charge >= 0.3 is 0 Å². The largest absolute Gasteiger partial charge is 0.321 e. The molecule has 11 heavy (non-hydrogen) atoms. The van der Waals surface area contributed by atoms with Crippen LogP contribution in [0.4, 0.5) is 0 Å². The molecule has 62 valence electrons. The molecule has 0 spiro atoms. The van der Waals surface area contributed by atoms with Gasteiger partial charge in [-0.1, -0.05) is 13.8 Å². The number of nitrogens with one attached hydrogen (secondary N) is 1. The van der Waals surface area contributed by atoms with Gasteiger partial charge in [0.1, 0.15) is 0 Å². The third kappa shape index (κ3) is 2.42.